The summed E-state index contributed by atoms with van der Waals surface area (Å²) in [5.74, 6) is 0.681. The lowest BCUT2D eigenvalue weighted by molar-refractivity contribution is -0.384. The number of allylic oxidation sites excluding steroid dienone is 1. The number of thiazole rings is 1. The first-order valence-corrected chi connectivity index (χ1v) is 11.6. The molecule has 178 valence electrons. The van der Waals surface area contributed by atoms with Gasteiger partial charge in [-0.15, -0.1) is 11.3 Å². The van der Waals surface area contributed by atoms with Crippen LogP contribution in [-0.4, -0.2) is 29.4 Å². The molecule has 0 aliphatic carbocycles. The molecule has 0 saturated carbocycles. The summed E-state index contributed by atoms with van der Waals surface area (Å²) in [7, 11) is 1.50. The molecule has 0 N–H and O–H groups in total. The number of hydrogen-bond acceptors (Lipinski definition) is 8. The van der Waals surface area contributed by atoms with Crippen LogP contribution >= 0.6 is 11.3 Å². The van der Waals surface area contributed by atoms with Gasteiger partial charge in [0.1, 0.15) is 11.1 Å². The van der Waals surface area contributed by atoms with Gasteiger partial charge in [0.2, 0.25) is 0 Å². The van der Waals surface area contributed by atoms with Crippen molar-refractivity contribution in [1.29, 1.82) is 5.26 Å². The highest BCUT2D eigenvalue weighted by Gasteiger charge is 2.13. The van der Waals surface area contributed by atoms with Gasteiger partial charge in [-0.3, -0.25) is 14.9 Å². The zero-order valence-corrected chi connectivity index (χ0v) is 19.9. The van der Waals surface area contributed by atoms with Crippen LogP contribution in [0.2, 0.25) is 0 Å². The van der Waals surface area contributed by atoms with E-state index >= 15 is 0 Å². The average Bonchev–Trinajstić information content (AvgIpc) is 3.41. The Bertz CT molecular complexity index is 1470. The molecule has 3 aromatic carbocycles. The van der Waals surface area contributed by atoms with Gasteiger partial charge in [0.25, 0.3) is 5.69 Å². The summed E-state index contributed by atoms with van der Waals surface area (Å²) in [6.07, 6.45) is 1.68. The molecule has 1 heterocycles. The number of ether oxygens (including phenoxy) is 2. The summed E-state index contributed by atoms with van der Waals surface area (Å²) in [6, 6.07) is 22.3. The van der Waals surface area contributed by atoms with Gasteiger partial charge in [-0.2, -0.15) is 5.26 Å². The van der Waals surface area contributed by atoms with Gasteiger partial charge in [0, 0.05) is 28.6 Å². The van der Waals surface area contributed by atoms with Crippen LogP contribution in [0.5, 0.6) is 11.5 Å². The molecule has 0 unspecified atom stereocenters. The molecule has 36 heavy (non-hydrogen) atoms. The first-order valence-electron chi connectivity index (χ1n) is 10.7. The predicted molar refractivity (Wildman–Crippen MR) is 137 cm³/mol. The highest BCUT2D eigenvalue weighted by molar-refractivity contribution is 7.11. The number of methoxy groups -OCH3 is 1. The molecule has 0 saturated heterocycles. The fourth-order valence-corrected chi connectivity index (χ4v) is 4.13. The lowest BCUT2D eigenvalue weighted by Crippen LogP contribution is -2.11. The van der Waals surface area contributed by atoms with Crippen LogP contribution in [0.4, 0.5) is 5.69 Å². The summed E-state index contributed by atoms with van der Waals surface area (Å²) in [5.41, 5.74) is 2.94. The van der Waals surface area contributed by atoms with Crippen molar-refractivity contribution in [3.8, 4) is 28.8 Å². The van der Waals surface area contributed by atoms with Crippen molar-refractivity contribution in [2.24, 2.45) is 0 Å². The third kappa shape index (κ3) is 5.63. The molecule has 0 radical (unpaired) electrons. The number of ketones is 1. The summed E-state index contributed by atoms with van der Waals surface area (Å²) >= 11 is 1.30. The number of nitrogens with zero attached hydrogens (tertiary/aromatic N) is 3. The van der Waals surface area contributed by atoms with Crippen LogP contribution in [0.3, 0.4) is 0 Å². The highest BCUT2D eigenvalue weighted by Crippen LogP contribution is 2.32. The van der Waals surface area contributed by atoms with Gasteiger partial charge in [-0.1, -0.05) is 36.4 Å². The molecule has 0 spiro atoms. The van der Waals surface area contributed by atoms with Crippen LogP contribution in [0.1, 0.15) is 20.9 Å². The van der Waals surface area contributed by atoms with E-state index in [2.05, 4.69) is 11.1 Å². The summed E-state index contributed by atoms with van der Waals surface area (Å²) in [5, 5.41) is 22.9. The van der Waals surface area contributed by atoms with E-state index in [1.807, 2.05) is 6.07 Å². The molecule has 0 amide bonds. The van der Waals surface area contributed by atoms with E-state index in [-0.39, 0.29) is 18.1 Å². The molecule has 9 heteroatoms. The van der Waals surface area contributed by atoms with Crippen molar-refractivity contribution >= 4 is 34.5 Å². The molecule has 0 aliphatic heterocycles. The first-order chi connectivity index (χ1) is 17.5. The Labute approximate surface area is 210 Å². The van der Waals surface area contributed by atoms with Crippen LogP contribution in [-0.2, 0) is 0 Å². The van der Waals surface area contributed by atoms with E-state index < -0.39 is 4.92 Å². The number of non-ortho nitro benzene ring substituents is 1. The van der Waals surface area contributed by atoms with Crippen molar-refractivity contribution in [2.45, 2.75) is 0 Å². The minimum atomic E-state index is -0.460. The van der Waals surface area contributed by atoms with Crippen molar-refractivity contribution < 1.29 is 19.2 Å². The predicted octanol–water partition coefficient (Wildman–Crippen LogP) is 6.05. The van der Waals surface area contributed by atoms with Gasteiger partial charge >= 0.3 is 0 Å². The van der Waals surface area contributed by atoms with Crippen molar-refractivity contribution in [3.63, 3.8) is 0 Å². The van der Waals surface area contributed by atoms with E-state index in [0.29, 0.717) is 44.5 Å². The number of benzene rings is 3. The minimum Gasteiger partial charge on any atom is -0.493 e. The molecule has 4 rings (SSSR count). The summed E-state index contributed by atoms with van der Waals surface area (Å²) in [4.78, 5) is 27.3. The van der Waals surface area contributed by atoms with E-state index in [1.165, 1.54) is 30.6 Å². The third-order valence-electron chi connectivity index (χ3n) is 5.18. The third-order valence-corrected chi connectivity index (χ3v) is 6.06. The molecular formula is C27H19N3O5S. The zero-order valence-electron chi connectivity index (χ0n) is 19.1. The number of carbonyl (C=O) groups is 1. The Morgan fingerprint density at radius 3 is 2.53 bits per heavy atom. The SMILES string of the molecule is COc1cc(/C=C(/C#N)c2nc(-c3ccc([N+](=O)[O-])cc3)cs2)ccc1OCC(=O)c1ccccc1. The molecule has 0 bridgehead atoms. The first kappa shape index (κ1) is 24.3. The molecular weight excluding hydrogens is 478 g/mol. The van der Waals surface area contributed by atoms with Crippen molar-refractivity contribution in [1.82, 2.24) is 4.98 Å². The second-order valence-corrected chi connectivity index (χ2v) is 8.36. The summed E-state index contributed by atoms with van der Waals surface area (Å²) in [6.45, 7) is -0.135. The normalized spacial score (nSPS) is 10.9. The molecule has 0 aliphatic rings. The van der Waals surface area contributed by atoms with E-state index in [1.54, 1.807) is 66.1 Å². The quantitative estimate of drug-likeness (QED) is 0.120. The Balaban J connectivity index is 1.51. The highest BCUT2D eigenvalue weighted by atomic mass is 32.1. The van der Waals surface area contributed by atoms with Gasteiger partial charge in [-0.25, -0.2) is 4.98 Å². The number of nitriles is 1. The Kier molecular flexibility index (Phi) is 7.48. The van der Waals surface area contributed by atoms with Crippen molar-refractivity contribution in [2.75, 3.05) is 13.7 Å². The Morgan fingerprint density at radius 2 is 1.86 bits per heavy atom. The smallest absolute Gasteiger partial charge is 0.269 e. The number of aromatic nitrogens is 1. The maximum Gasteiger partial charge on any atom is 0.269 e. The minimum absolute atomic E-state index is 0.00221. The number of carbonyl (C=O) groups excluding carboxylic acids is 1. The van der Waals surface area contributed by atoms with Gasteiger partial charge < -0.3 is 9.47 Å². The molecule has 4 aromatic rings. The lowest BCUT2D eigenvalue weighted by atomic mass is 10.1. The standard InChI is InChI=1S/C27H19N3O5S/c1-34-26-14-18(7-12-25(26)35-16-24(31)20-5-3-2-4-6-20)13-21(15-28)27-29-23(17-36-27)19-8-10-22(11-9-19)30(32)33/h2-14,17H,16H2,1H3/b21-13-. The second-order valence-electron chi connectivity index (χ2n) is 7.50. The van der Waals surface area contributed by atoms with Gasteiger partial charge in [-0.05, 0) is 35.9 Å². The molecule has 0 atom stereocenters. The molecule has 1 aromatic heterocycles. The fraction of sp³-hybridized carbons (Fsp3) is 0.0741. The van der Waals surface area contributed by atoms with E-state index in [4.69, 9.17) is 9.47 Å². The van der Waals surface area contributed by atoms with Crippen LogP contribution in [0, 0.1) is 21.4 Å². The maximum atomic E-state index is 12.3. The average molecular weight is 498 g/mol. The largest absolute Gasteiger partial charge is 0.493 e. The number of nitro benzene ring substituents is 1. The van der Waals surface area contributed by atoms with E-state index in [9.17, 15) is 20.2 Å². The molecule has 8 nitrogen and oxygen atoms in total. The lowest BCUT2D eigenvalue weighted by Gasteiger charge is -2.11. The Morgan fingerprint density at radius 1 is 1.11 bits per heavy atom. The zero-order chi connectivity index (χ0) is 25.5. The van der Waals surface area contributed by atoms with Gasteiger partial charge in [0.15, 0.2) is 23.9 Å². The molecule has 0 fully saturated rings. The maximum absolute atomic E-state index is 12.3. The summed E-state index contributed by atoms with van der Waals surface area (Å²) < 4.78 is 11.1. The second kappa shape index (κ2) is 11.1. The Hall–Kier alpha value is -4.81. The monoisotopic (exact) mass is 497 g/mol. The van der Waals surface area contributed by atoms with Crippen LogP contribution in [0.25, 0.3) is 22.9 Å². The van der Waals surface area contributed by atoms with E-state index in [0.717, 1.165) is 0 Å². The van der Waals surface area contributed by atoms with Crippen LogP contribution in [0.15, 0.2) is 78.2 Å². The number of rotatable bonds is 9. The van der Waals surface area contributed by atoms with Crippen LogP contribution < -0.4 is 9.47 Å². The fourth-order valence-electron chi connectivity index (χ4n) is 3.34. The number of hydrogen-bond donors (Lipinski definition) is 0. The van der Waals surface area contributed by atoms with Gasteiger partial charge in [0.05, 0.1) is 23.3 Å². The topological polar surface area (TPSA) is 115 Å². The van der Waals surface area contributed by atoms with Crippen molar-refractivity contribution in [3.05, 3.63) is 104 Å². The number of Topliss-reactive ketones (excluding diaryl/α,β-unsaturated/α-hetero) is 1. The number of nitro groups is 1.